The first-order valence-electron chi connectivity index (χ1n) is 9.16. The second-order valence-electron chi connectivity index (χ2n) is 6.73. The molecule has 144 valence electrons. The van der Waals surface area contributed by atoms with Gasteiger partial charge in [-0.2, -0.15) is 0 Å². The van der Waals surface area contributed by atoms with E-state index in [1.54, 1.807) is 31.4 Å². The second-order valence-corrected chi connectivity index (χ2v) is 6.73. The molecule has 7 heteroatoms. The minimum atomic E-state index is 0.0340. The Labute approximate surface area is 163 Å². The van der Waals surface area contributed by atoms with Crippen LogP contribution in [0.25, 0.3) is 5.69 Å². The van der Waals surface area contributed by atoms with E-state index in [1.807, 2.05) is 47.4 Å². The van der Waals surface area contributed by atoms with Crippen LogP contribution in [0.2, 0.25) is 0 Å². The highest BCUT2D eigenvalue weighted by atomic mass is 16.5. The summed E-state index contributed by atoms with van der Waals surface area (Å²) < 4.78 is 12.9. The molecule has 0 saturated carbocycles. The van der Waals surface area contributed by atoms with Crippen molar-refractivity contribution in [1.29, 1.82) is 0 Å². The summed E-state index contributed by atoms with van der Waals surface area (Å²) in [6.45, 7) is 1.35. The quantitative estimate of drug-likeness (QED) is 0.683. The summed E-state index contributed by atoms with van der Waals surface area (Å²) in [6.07, 6.45) is 4.13. The van der Waals surface area contributed by atoms with Gasteiger partial charge in [0.1, 0.15) is 24.2 Å². The number of methoxy groups -OCH3 is 2. The summed E-state index contributed by atoms with van der Waals surface area (Å²) >= 11 is 0. The Balaban J connectivity index is 1.51. The molecule has 3 aromatic rings. The molecule has 0 spiro atoms. The molecule has 1 aliphatic rings. The number of ether oxygens (including phenoxy) is 2. The fourth-order valence-corrected chi connectivity index (χ4v) is 3.76. The van der Waals surface area contributed by atoms with Crippen LogP contribution in [0.4, 0.5) is 0 Å². The molecule has 7 nitrogen and oxygen atoms in total. The summed E-state index contributed by atoms with van der Waals surface area (Å²) in [4.78, 5) is 14.9. The average Bonchev–Trinajstić information content (AvgIpc) is 3.45. The number of hydrogen-bond acceptors (Lipinski definition) is 5. The number of amides is 1. The largest absolute Gasteiger partial charge is 0.496 e. The van der Waals surface area contributed by atoms with Crippen LogP contribution in [0, 0.1) is 0 Å². The highest BCUT2D eigenvalue weighted by Crippen LogP contribution is 2.40. The topological polar surface area (TPSA) is 69.5 Å². The highest BCUT2D eigenvalue weighted by molar-refractivity contribution is 5.94. The van der Waals surface area contributed by atoms with E-state index in [-0.39, 0.29) is 11.8 Å². The fraction of sp³-hybridized carbons (Fsp3) is 0.286. The Morgan fingerprint density at radius 1 is 1.00 bits per heavy atom. The summed E-state index contributed by atoms with van der Waals surface area (Å²) in [6, 6.07) is 13.3. The van der Waals surface area contributed by atoms with Gasteiger partial charge in [-0.25, -0.2) is 0 Å². The maximum atomic E-state index is 13.0. The molecule has 0 N–H and O–H groups in total. The first kappa shape index (κ1) is 18.0. The van der Waals surface area contributed by atoms with Crippen LogP contribution in [-0.2, 0) is 0 Å². The monoisotopic (exact) mass is 378 g/mol. The third-order valence-corrected chi connectivity index (χ3v) is 5.18. The van der Waals surface area contributed by atoms with E-state index in [4.69, 9.17) is 9.47 Å². The molecule has 0 radical (unpaired) electrons. The number of carbonyl (C=O) groups is 1. The molecule has 1 saturated heterocycles. The van der Waals surface area contributed by atoms with Gasteiger partial charge >= 0.3 is 0 Å². The Morgan fingerprint density at radius 2 is 1.64 bits per heavy atom. The number of aromatic nitrogens is 3. The third kappa shape index (κ3) is 3.31. The predicted octanol–water partition coefficient (Wildman–Crippen LogP) is 2.91. The lowest BCUT2D eigenvalue weighted by molar-refractivity contribution is 0.0790. The molecule has 0 aliphatic carbocycles. The normalized spacial score (nSPS) is 16.2. The first-order chi connectivity index (χ1) is 13.7. The molecule has 1 atom stereocenters. The number of hydrogen-bond donors (Lipinski definition) is 0. The Bertz CT molecular complexity index is 932. The van der Waals surface area contributed by atoms with Gasteiger partial charge < -0.3 is 14.4 Å². The van der Waals surface area contributed by atoms with Crippen molar-refractivity contribution in [2.24, 2.45) is 0 Å². The zero-order valence-electron chi connectivity index (χ0n) is 15.9. The van der Waals surface area contributed by atoms with Crippen LogP contribution in [0.3, 0.4) is 0 Å². The van der Waals surface area contributed by atoms with Crippen molar-refractivity contribution in [1.82, 2.24) is 19.7 Å². The summed E-state index contributed by atoms with van der Waals surface area (Å²) in [5, 5.41) is 7.60. The maximum Gasteiger partial charge on any atom is 0.253 e. The average molecular weight is 378 g/mol. The van der Waals surface area contributed by atoms with Crippen molar-refractivity contribution < 1.29 is 14.3 Å². The van der Waals surface area contributed by atoms with Crippen molar-refractivity contribution in [2.75, 3.05) is 27.3 Å². The van der Waals surface area contributed by atoms with E-state index >= 15 is 0 Å². The van der Waals surface area contributed by atoms with Gasteiger partial charge in [-0.15, -0.1) is 10.2 Å². The molecule has 4 rings (SSSR count). The van der Waals surface area contributed by atoms with Gasteiger partial charge in [-0.05, 0) is 42.8 Å². The molecule has 0 bridgehead atoms. The summed E-state index contributed by atoms with van der Waals surface area (Å²) in [7, 11) is 3.32. The van der Waals surface area contributed by atoms with Crippen LogP contribution in [0.1, 0.15) is 28.3 Å². The van der Waals surface area contributed by atoms with E-state index in [0.29, 0.717) is 18.7 Å². The highest BCUT2D eigenvalue weighted by Gasteiger charge is 2.31. The lowest BCUT2D eigenvalue weighted by atomic mass is 9.96. The van der Waals surface area contributed by atoms with Crippen molar-refractivity contribution in [3.05, 3.63) is 66.2 Å². The van der Waals surface area contributed by atoms with Crippen LogP contribution < -0.4 is 9.47 Å². The van der Waals surface area contributed by atoms with E-state index < -0.39 is 0 Å². The van der Waals surface area contributed by atoms with Gasteiger partial charge in [-0.1, -0.05) is 6.07 Å². The number of rotatable bonds is 5. The minimum absolute atomic E-state index is 0.0340. The van der Waals surface area contributed by atoms with Crippen LogP contribution in [-0.4, -0.2) is 52.9 Å². The minimum Gasteiger partial charge on any atom is -0.496 e. The molecule has 2 heterocycles. The molecule has 1 unspecified atom stereocenters. The van der Waals surface area contributed by atoms with Crippen LogP contribution >= 0.6 is 0 Å². The molecule has 28 heavy (non-hydrogen) atoms. The summed E-state index contributed by atoms with van der Waals surface area (Å²) in [5.74, 6) is 1.83. The van der Waals surface area contributed by atoms with Gasteiger partial charge in [0.2, 0.25) is 0 Å². The standard InChI is InChI=1S/C21H22N4O3/c1-27-18-4-3-5-19(28-2)20(18)16-10-11-24(12-16)21(26)15-6-8-17(9-7-15)25-13-22-23-14-25/h3-9,13-14,16H,10-12H2,1-2H3. The molecule has 1 fully saturated rings. The molecular weight excluding hydrogens is 356 g/mol. The van der Waals surface area contributed by atoms with Crippen molar-refractivity contribution in [3.63, 3.8) is 0 Å². The molecular formula is C21H22N4O3. The van der Waals surface area contributed by atoms with Gasteiger partial charge in [0.25, 0.3) is 5.91 Å². The van der Waals surface area contributed by atoms with Gasteiger partial charge in [0.05, 0.1) is 14.2 Å². The van der Waals surface area contributed by atoms with E-state index in [0.717, 1.165) is 29.2 Å². The zero-order valence-corrected chi connectivity index (χ0v) is 15.9. The Hall–Kier alpha value is -3.35. The van der Waals surface area contributed by atoms with Gasteiger partial charge in [0.15, 0.2) is 0 Å². The smallest absolute Gasteiger partial charge is 0.253 e. The molecule has 1 amide bonds. The van der Waals surface area contributed by atoms with Crippen LogP contribution in [0.15, 0.2) is 55.1 Å². The maximum absolute atomic E-state index is 13.0. The lowest BCUT2D eigenvalue weighted by Gasteiger charge is -2.20. The second kappa shape index (κ2) is 7.72. The van der Waals surface area contributed by atoms with E-state index in [1.165, 1.54) is 0 Å². The van der Waals surface area contributed by atoms with E-state index in [9.17, 15) is 4.79 Å². The number of nitrogens with zero attached hydrogens (tertiary/aromatic N) is 4. The SMILES string of the molecule is COc1cccc(OC)c1C1CCN(C(=O)c2ccc(-n3cnnc3)cc2)C1. The molecule has 1 aliphatic heterocycles. The van der Waals surface area contributed by atoms with Crippen molar-refractivity contribution in [2.45, 2.75) is 12.3 Å². The first-order valence-corrected chi connectivity index (χ1v) is 9.16. The predicted molar refractivity (Wildman–Crippen MR) is 104 cm³/mol. The van der Waals surface area contributed by atoms with Crippen molar-refractivity contribution in [3.8, 4) is 17.2 Å². The number of likely N-dealkylation sites (tertiary alicyclic amines) is 1. The molecule has 1 aromatic heterocycles. The fourth-order valence-electron chi connectivity index (χ4n) is 3.76. The zero-order chi connectivity index (χ0) is 19.5. The number of benzene rings is 2. The van der Waals surface area contributed by atoms with Crippen molar-refractivity contribution >= 4 is 5.91 Å². The number of carbonyl (C=O) groups excluding carboxylic acids is 1. The van der Waals surface area contributed by atoms with Gasteiger partial charge in [-0.3, -0.25) is 9.36 Å². The summed E-state index contributed by atoms with van der Waals surface area (Å²) in [5.41, 5.74) is 2.62. The Kier molecular flexibility index (Phi) is 4.97. The molecule has 2 aromatic carbocycles. The van der Waals surface area contributed by atoms with Gasteiger partial charge in [0, 0.05) is 35.8 Å². The van der Waals surface area contributed by atoms with Crippen LogP contribution in [0.5, 0.6) is 11.5 Å². The third-order valence-electron chi connectivity index (χ3n) is 5.18. The Morgan fingerprint density at radius 3 is 2.25 bits per heavy atom. The lowest BCUT2D eigenvalue weighted by Crippen LogP contribution is -2.28. The van der Waals surface area contributed by atoms with E-state index in [2.05, 4.69) is 10.2 Å².